The van der Waals surface area contributed by atoms with Crippen LogP contribution in [0.2, 0.25) is 0 Å². The number of carbonyl (C=O) groups is 1. The third-order valence-electron chi connectivity index (χ3n) is 3.70. The highest BCUT2D eigenvalue weighted by Gasteiger charge is 2.21. The second kappa shape index (κ2) is 4.70. The standard InChI is InChI=1S/C15H17NO3/c1-2-19-15(18)14(17)9-6-7-13-11(8-9)10-4-3-5-12(10)16-13/h6-8,14,16-17H,2-5H2,1H3. The number of carbonyl (C=O) groups excluding carboxylic acids is 1. The summed E-state index contributed by atoms with van der Waals surface area (Å²) in [6.07, 6.45) is 2.12. The lowest BCUT2D eigenvalue weighted by Gasteiger charge is -2.10. The first-order valence-corrected chi connectivity index (χ1v) is 6.68. The zero-order valence-electron chi connectivity index (χ0n) is 10.9. The molecule has 4 nitrogen and oxygen atoms in total. The van der Waals surface area contributed by atoms with E-state index in [2.05, 4.69) is 4.98 Å². The van der Waals surface area contributed by atoms with Crippen molar-refractivity contribution < 1.29 is 14.6 Å². The van der Waals surface area contributed by atoms with Crippen LogP contribution >= 0.6 is 0 Å². The Kier molecular flexibility index (Phi) is 3.03. The number of nitrogens with one attached hydrogen (secondary N) is 1. The summed E-state index contributed by atoms with van der Waals surface area (Å²) in [4.78, 5) is 15.0. The molecule has 1 unspecified atom stereocenters. The summed E-state index contributed by atoms with van der Waals surface area (Å²) < 4.78 is 4.85. The topological polar surface area (TPSA) is 62.3 Å². The van der Waals surface area contributed by atoms with Crippen LogP contribution in [0, 0.1) is 0 Å². The molecule has 1 aliphatic carbocycles. The summed E-state index contributed by atoms with van der Waals surface area (Å²) in [6, 6.07) is 5.60. The SMILES string of the molecule is CCOC(=O)C(O)c1ccc2[nH]c3c(c2c1)CCC3. The quantitative estimate of drug-likeness (QED) is 0.831. The molecule has 0 amide bonds. The molecule has 19 heavy (non-hydrogen) atoms. The van der Waals surface area contributed by atoms with Crippen molar-refractivity contribution in [3.05, 3.63) is 35.0 Å². The maximum Gasteiger partial charge on any atom is 0.339 e. The van der Waals surface area contributed by atoms with Crippen LogP contribution in [0.1, 0.15) is 36.3 Å². The Morgan fingerprint density at radius 3 is 3.11 bits per heavy atom. The monoisotopic (exact) mass is 259 g/mol. The number of aliphatic hydroxyl groups excluding tert-OH is 1. The van der Waals surface area contributed by atoms with Gasteiger partial charge in [-0.2, -0.15) is 0 Å². The van der Waals surface area contributed by atoms with Gasteiger partial charge in [-0.05, 0) is 49.4 Å². The minimum atomic E-state index is -1.20. The fourth-order valence-electron chi connectivity index (χ4n) is 2.79. The molecule has 100 valence electrons. The fraction of sp³-hybridized carbons (Fsp3) is 0.400. The Labute approximate surface area is 111 Å². The molecule has 2 N–H and O–H groups in total. The van der Waals surface area contributed by atoms with Crippen LogP contribution in [0.15, 0.2) is 18.2 Å². The van der Waals surface area contributed by atoms with E-state index >= 15 is 0 Å². The van der Waals surface area contributed by atoms with Crippen molar-refractivity contribution in [1.29, 1.82) is 0 Å². The number of benzene rings is 1. The van der Waals surface area contributed by atoms with Gasteiger partial charge in [-0.1, -0.05) is 6.07 Å². The second-order valence-corrected chi connectivity index (χ2v) is 4.90. The number of aromatic nitrogens is 1. The Morgan fingerprint density at radius 1 is 1.47 bits per heavy atom. The van der Waals surface area contributed by atoms with Crippen molar-refractivity contribution in [3.63, 3.8) is 0 Å². The van der Waals surface area contributed by atoms with Gasteiger partial charge in [0.1, 0.15) is 0 Å². The maximum atomic E-state index is 11.6. The van der Waals surface area contributed by atoms with Crippen molar-refractivity contribution in [3.8, 4) is 0 Å². The van der Waals surface area contributed by atoms with Crippen molar-refractivity contribution >= 4 is 16.9 Å². The highest BCUT2D eigenvalue weighted by atomic mass is 16.5. The molecule has 1 aromatic carbocycles. The molecule has 0 radical (unpaired) electrons. The average molecular weight is 259 g/mol. The third-order valence-corrected chi connectivity index (χ3v) is 3.70. The number of hydrogen-bond donors (Lipinski definition) is 2. The van der Waals surface area contributed by atoms with E-state index in [4.69, 9.17) is 4.74 Å². The maximum absolute atomic E-state index is 11.6. The molecule has 1 heterocycles. The predicted octanol–water partition coefficient (Wildman–Crippen LogP) is 2.25. The minimum absolute atomic E-state index is 0.275. The van der Waals surface area contributed by atoms with Gasteiger partial charge < -0.3 is 14.8 Å². The largest absolute Gasteiger partial charge is 0.464 e. The lowest BCUT2D eigenvalue weighted by atomic mass is 10.0. The van der Waals surface area contributed by atoms with Crippen LogP contribution in [0.5, 0.6) is 0 Å². The number of fused-ring (bicyclic) bond motifs is 3. The van der Waals surface area contributed by atoms with Gasteiger partial charge in [0.05, 0.1) is 6.61 Å². The summed E-state index contributed by atoms with van der Waals surface area (Å²) in [6.45, 7) is 2.00. The van der Waals surface area contributed by atoms with Crippen molar-refractivity contribution in [2.45, 2.75) is 32.3 Å². The van der Waals surface area contributed by atoms with Crippen molar-refractivity contribution in [2.24, 2.45) is 0 Å². The van der Waals surface area contributed by atoms with E-state index in [-0.39, 0.29) is 6.61 Å². The molecule has 0 spiro atoms. The van der Waals surface area contributed by atoms with Crippen LogP contribution in [0.25, 0.3) is 10.9 Å². The van der Waals surface area contributed by atoms with Crippen molar-refractivity contribution in [1.82, 2.24) is 4.98 Å². The van der Waals surface area contributed by atoms with Gasteiger partial charge in [0.2, 0.25) is 0 Å². The first-order chi connectivity index (χ1) is 9.20. The molecular weight excluding hydrogens is 242 g/mol. The highest BCUT2D eigenvalue weighted by molar-refractivity contribution is 5.87. The smallest absolute Gasteiger partial charge is 0.339 e. The molecule has 3 rings (SSSR count). The van der Waals surface area contributed by atoms with Crippen molar-refractivity contribution in [2.75, 3.05) is 6.61 Å². The van der Waals surface area contributed by atoms with E-state index in [1.807, 2.05) is 12.1 Å². The number of hydrogen-bond acceptors (Lipinski definition) is 3. The number of aliphatic hydroxyl groups is 1. The Morgan fingerprint density at radius 2 is 2.32 bits per heavy atom. The summed E-state index contributed by atoms with van der Waals surface area (Å²) in [7, 11) is 0. The first kappa shape index (κ1) is 12.2. The van der Waals surface area contributed by atoms with E-state index in [9.17, 15) is 9.90 Å². The van der Waals surface area contributed by atoms with Crippen LogP contribution in [0.4, 0.5) is 0 Å². The molecule has 0 bridgehead atoms. The zero-order chi connectivity index (χ0) is 13.4. The number of H-pyrrole nitrogens is 1. The number of rotatable bonds is 3. The third kappa shape index (κ3) is 2.02. The summed E-state index contributed by atoms with van der Waals surface area (Å²) in [5.74, 6) is -0.589. The van der Waals surface area contributed by atoms with E-state index < -0.39 is 12.1 Å². The van der Waals surface area contributed by atoms with E-state index in [1.165, 1.54) is 17.7 Å². The van der Waals surface area contributed by atoms with Gasteiger partial charge in [-0.3, -0.25) is 0 Å². The Balaban J connectivity index is 1.99. The predicted molar refractivity (Wildman–Crippen MR) is 71.9 cm³/mol. The Hall–Kier alpha value is -1.81. The van der Waals surface area contributed by atoms with Crippen LogP contribution in [-0.4, -0.2) is 22.7 Å². The zero-order valence-corrected chi connectivity index (χ0v) is 10.9. The molecule has 0 aliphatic heterocycles. The Bertz CT molecular complexity index is 630. The number of esters is 1. The van der Waals surface area contributed by atoms with Gasteiger partial charge in [0.25, 0.3) is 0 Å². The first-order valence-electron chi connectivity index (χ1n) is 6.68. The highest BCUT2D eigenvalue weighted by Crippen LogP contribution is 2.31. The molecule has 2 aromatic rings. The van der Waals surface area contributed by atoms with Gasteiger partial charge in [0.15, 0.2) is 6.10 Å². The normalized spacial score (nSPS) is 15.5. The number of ether oxygens (including phenoxy) is 1. The summed E-state index contributed by atoms with van der Waals surface area (Å²) in [5, 5.41) is 11.1. The molecule has 1 aromatic heterocycles. The van der Waals surface area contributed by atoms with E-state index in [1.54, 1.807) is 13.0 Å². The molecule has 1 aliphatic rings. The average Bonchev–Trinajstić information content (AvgIpc) is 2.98. The van der Waals surface area contributed by atoms with E-state index in [0.29, 0.717) is 5.56 Å². The molecule has 0 fully saturated rings. The summed E-state index contributed by atoms with van der Waals surface area (Å²) >= 11 is 0. The van der Waals surface area contributed by atoms with Gasteiger partial charge in [-0.15, -0.1) is 0 Å². The van der Waals surface area contributed by atoms with Gasteiger partial charge >= 0.3 is 5.97 Å². The fourth-order valence-corrected chi connectivity index (χ4v) is 2.79. The second-order valence-electron chi connectivity index (χ2n) is 4.90. The van der Waals surface area contributed by atoms with Crippen LogP contribution in [0.3, 0.4) is 0 Å². The minimum Gasteiger partial charge on any atom is -0.464 e. The molecular formula is C15H17NO3. The molecule has 1 atom stereocenters. The van der Waals surface area contributed by atoms with Crippen LogP contribution in [-0.2, 0) is 22.4 Å². The number of aryl methyl sites for hydroxylation is 2. The molecule has 0 saturated heterocycles. The lowest BCUT2D eigenvalue weighted by Crippen LogP contribution is -2.15. The van der Waals surface area contributed by atoms with E-state index in [0.717, 1.165) is 23.7 Å². The molecule has 0 saturated carbocycles. The van der Waals surface area contributed by atoms with Gasteiger partial charge in [0, 0.05) is 16.6 Å². The summed E-state index contributed by atoms with van der Waals surface area (Å²) in [5.41, 5.74) is 4.29. The number of aromatic amines is 1. The van der Waals surface area contributed by atoms with Gasteiger partial charge in [-0.25, -0.2) is 4.79 Å². The lowest BCUT2D eigenvalue weighted by molar-refractivity contribution is -0.153. The molecule has 4 heteroatoms. The van der Waals surface area contributed by atoms with Crippen LogP contribution < -0.4 is 0 Å².